The van der Waals surface area contributed by atoms with Crippen LogP contribution in [0.2, 0.25) is 0 Å². The second-order valence-electron chi connectivity index (χ2n) is 14.2. The van der Waals surface area contributed by atoms with Crippen LogP contribution in [0.1, 0.15) is 45.6 Å². The molecule has 3 aromatic rings. The number of hydrogen-bond acceptors (Lipinski definition) is 5. The van der Waals surface area contributed by atoms with Gasteiger partial charge in [0.25, 0.3) is 5.91 Å². The Balaban J connectivity index is 1.44. The van der Waals surface area contributed by atoms with E-state index in [9.17, 15) is 14.7 Å². The molecule has 3 saturated heterocycles. The molecule has 2 bridgehead atoms. The van der Waals surface area contributed by atoms with Crippen LogP contribution in [0.4, 0.5) is 5.69 Å². The second-order valence-corrected chi connectivity index (χ2v) is 16.1. The number of thioether (sulfide) groups is 1. The lowest BCUT2D eigenvalue weighted by molar-refractivity contribution is -0.147. The average molecular weight is 666 g/mol. The zero-order chi connectivity index (χ0) is 34.2. The summed E-state index contributed by atoms with van der Waals surface area (Å²) in [6, 6.07) is 22.5. The normalized spacial score (nSPS) is 26.5. The topological polar surface area (TPSA) is 81.2 Å². The fourth-order valence-corrected chi connectivity index (χ4v) is 10.9. The van der Waals surface area contributed by atoms with Crippen LogP contribution in [-0.2, 0) is 20.9 Å². The van der Waals surface area contributed by atoms with E-state index >= 15 is 4.79 Å². The minimum Gasteiger partial charge on any atom is -0.394 e. The van der Waals surface area contributed by atoms with Gasteiger partial charge in [-0.15, -0.1) is 24.9 Å². The number of likely N-dealkylation sites (tertiary alicyclic amines) is 1. The van der Waals surface area contributed by atoms with Crippen molar-refractivity contribution < 1.29 is 19.5 Å². The van der Waals surface area contributed by atoms with Gasteiger partial charge in [0.05, 0.1) is 29.2 Å². The average Bonchev–Trinajstić information content (AvgIpc) is 3.66. The highest BCUT2D eigenvalue weighted by Crippen LogP contribution is 2.72. The molecule has 6 rings (SSSR count). The maximum Gasteiger partial charge on any atom is 0.251 e. The molecule has 252 valence electrons. The van der Waals surface area contributed by atoms with Gasteiger partial charge in [0.15, 0.2) is 0 Å². The minimum absolute atomic E-state index is 0.0800. The smallest absolute Gasteiger partial charge is 0.251 e. The van der Waals surface area contributed by atoms with E-state index in [1.165, 1.54) is 0 Å². The molecule has 2 unspecified atom stereocenters. The van der Waals surface area contributed by atoms with Crippen LogP contribution in [0.3, 0.4) is 0 Å². The third-order valence-corrected chi connectivity index (χ3v) is 12.5. The monoisotopic (exact) mass is 665 g/mol. The van der Waals surface area contributed by atoms with Crippen molar-refractivity contribution in [3.63, 3.8) is 0 Å². The van der Waals surface area contributed by atoms with Gasteiger partial charge in [-0.2, -0.15) is 0 Å². The molecular formula is C40H47N3O4S. The summed E-state index contributed by atoms with van der Waals surface area (Å²) in [5.74, 6) is -1.59. The van der Waals surface area contributed by atoms with Gasteiger partial charge in [-0.25, -0.2) is 0 Å². The summed E-state index contributed by atoms with van der Waals surface area (Å²) >= 11 is 1.66. The van der Waals surface area contributed by atoms with Crippen molar-refractivity contribution in [3.8, 4) is 0 Å². The molecule has 3 aliphatic rings. The number of carbonyl (C=O) groups is 3. The van der Waals surface area contributed by atoms with E-state index < -0.39 is 33.4 Å². The summed E-state index contributed by atoms with van der Waals surface area (Å²) in [7, 11) is 0. The molecule has 3 heterocycles. The number of rotatable bonds is 13. The van der Waals surface area contributed by atoms with Crippen molar-refractivity contribution in [2.45, 2.75) is 68.2 Å². The van der Waals surface area contributed by atoms with Crippen molar-refractivity contribution in [1.82, 2.24) is 9.80 Å². The molecule has 0 aliphatic carbocycles. The van der Waals surface area contributed by atoms with Gasteiger partial charge in [-0.3, -0.25) is 14.4 Å². The van der Waals surface area contributed by atoms with E-state index in [0.29, 0.717) is 32.4 Å². The number of benzene rings is 3. The van der Waals surface area contributed by atoms with Crippen LogP contribution in [0.5, 0.6) is 0 Å². The summed E-state index contributed by atoms with van der Waals surface area (Å²) in [5, 5.41) is 12.9. The van der Waals surface area contributed by atoms with E-state index in [-0.39, 0.29) is 36.8 Å². The SMILES string of the molecule is C=CCN(Cc1ccccc1)C(=O)[C@H]1[C@H]2C(=O)N([C@@H](CO)CC(C)C)C(C(=O)N(CC=C)c3ccc4ccccc4c3)C23CC[C@]1(C)S3. The first kappa shape index (κ1) is 34.0. The molecule has 0 aromatic heterocycles. The predicted octanol–water partition coefficient (Wildman–Crippen LogP) is 6.46. The Morgan fingerprint density at radius 3 is 2.33 bits per heavy atom. The number of nitrogens with zero attached hydrogens (tertiary/aromatic N) is 3. The van der Waals surface area contributed by atoms with Gasteiger partial charge in [0.1, 0.15) is 6.04 Å². The van der Waals surface area contributed by atoms with Gasteiger partial charge in [0, 0.05) is 30.1 Å². The van der Waals surface area contributed by atoms with Gasteiger partial charge >= 0.3 is 0 Å². The molecule has 8 heteroatoms. The Kier molecular flexibility index (Phi) is 9.60. The largest absolute Gasteiger partial charge is 0.394 e. The van der Waals surface area contributed by atoms with E-state index in [0.717, 1.165) is 22.0 Å². The lowest BCUT2D eigenvalue weighted by Gasteiger charge is -2.40. The zero-order valence-corrected chi connectivity index (χ0v) is 29.1. The molecule has 3 amide bonds. The second kappa shape index (κ2) is 13.6. The molecular weight excluding hydrogens is 619 g/mol. The fraction of sp³-hybridized carbons (Fsp3) is 0.425. The van der Waals surface area contributed by atoms with Gasteiger partial charge in [0.2, 0.25) is 11.8 Å². The standard InChI is InChI=1S/C40H47N3O4S/c1-6-21-41(25-28-13-9-8-10-14-28)36(45)33-34-37(46)43(32(26-44)23-27(3)4)35(40(34)20-19-39(33,5)48-40)38(47)42(22-7-2)31-18-17-29-15-11-12-16-30(29)24-31/h6-18,24,27,32-35,44H,1-2,19-23,25-26H2,3-5H3/t32-,33-,34+,35?,39+,40?/m1/s1. The molecule has 3 fully saturated rings. The lowest BCUT2D eigenvalue weighted by Crippen LogP contribution is -2.58. The Morgan fingerprint density at radius 1 is 0.979 bits per heavy atom. The molecule has 1 N–H and O–H groups in total. The highest BCUT2D eigenvalue weighted by molar-refractivity contribution is 8.02. The number of aliphatic hydroxyl groups is 1. The number of carbonyl (C=O) groups excluding carboxylic acids is 3. The van der Waals surface area contributed by atoms with Gasteiger partial charge < -0.3 is 19.8 Å². The maximum atomic E-state index is 15.2. The van der Waals surface area contributed by atoms with Crippen LogP contribution in [0, 0.1) is 17.8 Å². The number of amides is 3. The van der Waals surface area contributed by atoms with Crippen molar-refractivity contribution >= 4 is 45.9 Å². The van der Waals surface area contributed by atoms with Crippen LogP contribution >= 0.6 is 11.8 Å². The van der Waals surface area contributed by atoms with E-state index in [2.05, 4.69) is 33.9 Å². The summed E-state index contributed by atoms with van der Waals surface area (Å²) in [6.07, 6.45) is 5.35. The zero-order valence-electron chi connectivity index (χ0n) is 28.3. The number of anilines is 1. The fourth-order valence-electron chi connectivity index (χ4n) is 8.57. The highest BCUT2D eigenvalue weighted by Gasteiger charge is 2.78. The Bertz CT molecular complexity index is 1710. The maximum absolute atomic E-state index is 15.2. The number of hydrogen-bond donors (Lipinski definition) is 1. The minimum atomic E-state index is -0.844. The highest BCUT2D eigenvalue weighted by atomic mass is 32.2. The van der Waals surface area contributed by atoms with Crippen LogP contribution in [-0.4, -0.2) is 73.9 Å². The van der Waals surface area contributed by atoms with Crippen molar-refractivity contribution in [3.05, 3.63) is 104 Å². The van der Waals surface area contributed by atoms with Crippen LogP contribution in [0.25, 0.3) is 10.8 Å². The molecule has 7 nitrogen and oxygen atoms in total. The van der Waals surface area contributed by atoms with Gasteiger partial charge in [-0.05, 0) is 60.6 Å². The van der Waals surface area contributed by atoms with E-state index in [4.69, 9.17) is 0 Å². The van der Waals surface area contributed by atoms with Crippen LogP contribution < -0.4 is 4.90 Å². The molecule has 6 atom stereocenters. The van der Waals surface area contributed by atoms with Crippen molar-refractivity contribution in [1.29, 1.82) is 0 Å². The Morgan fingerprint density at radius 2 is 1.67 bits per heavy atom. The Labute approximate surface area is 288 Å². The number of aliphatic hydroxyl groups excluding tert-OH is 1. The van der Waals surface area contributed by atoms with E-state index in [1.807, 2.05) is 72.8 Å². The van der Waals surface area contributed by atoms with Gasteiger partial charge in [-0.1, -0.05) is 86.7 Å². The lowest BCUT2D eigenvalue weighted by atomic mass is 9.66. The molecule has 48 heavy (non-hydrogen) atoms. The molecule has 0 radical (unpaired) electrons. The van der Waals surface area contributed by atoms with Crippen LogP contribution in [0.15, 0.2) is 98.1 Å². The third kappa shape index (κ3) is 5.77. The molecule has 1 spiro atoms. The summed E-state index contributed by atoms with van der Waals surface area (Å²) in [5.41, 5.74) is 1.73. The molecule has 3 aliphatic heterocycles. The quantitative estimate of drug-likeness (QED) is 0.212. The summed E-state index contributed by atoms with van der Waals surface area (Å²) < 4.78 is -1.33. The first-order chi connectivity index (χ1) is 23.1. The van der Waals surface area contributed by atoms with Crippen molar-refractivity contribution in [2.24, 2.45) is 17.8 Å². The van der Waals surface area contributed by atoms with Crippen molar-refractivity contribution in [2.75, 3.05) is 24.6 Å². The predicted molar refractivity (Wildman–Crippen MR) is 194 cm³/mol. The summed E-state index contributed by atoms with van der Waals surface area (Å²) in [6.45, 7) is 14.9. The first-order valence-electron chi connectivity index (χ1n) is 17.1. The first-order valence-corrected chi connectivity index (χ1v) is 17.9. The molecule has 0 saturated carbocycles. The third-order valence-electron chi connectivity index (χ3n) is 10.6. The summed E-state index contributed by atoms with van der Waals surface area (Å²) in [4.78, 5) is 50.1. The number of fused-ring (bicyclic) bond motifs is 2. The van der Waals surface area contributed by atoms with E-state index in [1.54, 1.807) is 38.6 Å². The molecule has 3 aromatic carbocycles. The Hall–Kier alpha value is -3.88.